The van der Waals surface area contributed by atoms with Crippen LogP contribution >= 0.6 is 0 Å². The van der Waals surface area contributed by atoms with E-state index in [2.05, 4.69) is 14.9 Å². The summed E-state index contributed by atoms with van der Waals surface area (Å²) in [5.74, 6) is -1.20. The maximum Gasteiger partial charge on any atom is 0.573 e. The first kappa shape index (κ1) is 16.1. The molecule has 1 amide bonds. The van der Waals surface area contributed by atoms with Crippen LogP contribution in [-0.4, -0.2) is 39.1 Å². The molecule has 4 N–H and O–H groups in total. The number of halogens is 3. The van der Waals surface area contributed by atoms with Gasteiger partial charge in [-0.2, -0.15) is 5.10 Å². The van der Waals surface area contributed by atoms with Crippen LogP contribution in [0.3, 0.4) is 0 Å². The molecule has 0 fully saturated rings. The van der Waals surface area contributed by atoms with Gasteiger partial charge in [-0.15, -0.1) is 13.2 Å². The Morgan fingerprint density at radius 1 is 1.50 bits per heavy atom. The Kier molecular flexibility index (Phi) is 3.84. The maximum absolute atomic E-state index is 12.6. The number of ether oxygens (including phenoxy) is 1. The monoisotopic (exact) mass is 342 g/mol. The number of aromatic nitrogens is 2. The standard InChI is InChI=1S/C14H13F3N4O3/c15-14(16,17)24-12-3-7(1-2-9(12)18)13(23)21-5-10-8(4-19-20-10)11(21)6-22/h1-4,11,22H,5-6,18H2,(H,19,20). The van der Waals surface area contributed by atoms with E-state index in [-0.39, 0.29) is 24.4 Å². The van der Waals surface area contributed by atoms with Crippen molar-refractivity contribution in [3.8, 4) is 5.75 Å². The molecular weight excluding hydrogens is 329 g/mol. The molecule has 1 unspecified atom stereocenters. The van der Waals surface area contributed by atoms with Gasteiger partial charge in [-0.1, -0.05) is 0 Å². The van der Waals surface area contributed by atoms with Crippen LogP contribution in [0.2, 0.25) is 0 Å². The first-order valence-electron chi connectivity index (χ1n) is 6.89. The zero-order valence-corrected chi connectivity index (χ0v) is 12.2. The third-order valence-corrected chi connectivity index (χ3v) is 3.74. The van der Waals surface area contributed by atoms with E-state index in [9.17, 15) is 23.1 Å². The zero-order chi connectivity index (χ0) is 17.5. The highest BCUT2D eigenvalue weighted by Gasteiger charge is 2.36. The first-order chi connectivity index (χ1) is 11.3. The van der Waals surface area contributed by atoms with Crippen molar-refractivity contribution in [1.29, 1.82) is 0 Å². The number of hydrogen-bond acceptors (Lipinski definition) is 5. The molecule has 1 atom stereocenters. The molecule has 1 aliphatic rings. The number of nitrogens with two attached hydrogens (primary N) is 1. The van der Waals surface area contributed by atoms with E-state index in [1.165, 1.54) is 23.2 Å². The van der Waals surface area contributed by atoms with Gasteiger partial charge >= 0.3 is 6.36 Å². The second-order valence-electron chi connectivity index (χ2n) is 5.24. The molecule has 0 saturated carbocycles. The number of aromatic amines is 1. The SMILES string of the molecule is Nc1ccc(C(=O)N2Cc3[nH]ncc3C2CO)cc1OC(F)(F)F. The predicted octanol–water partition coefficient (Wildman–Crippen LogP) is 1.58. The van der Waals surface area contributed by atoms with Gasteiger partial charge in [0.2, 0.25) is 0 Å². The number of nitrogens with one attached hydrogen (secondary N) is 1. The van der Waals surface area contributed by atoms with Crippen LogP contribution in [0.5, 0.6) is 5.75 Å². The van der Waals surface area contributed by atoms with Gasteiger partial charge in [-0.3, -0.25) is 9.89 Å². The van der Waals surface area contributed by atoms with Crippen molar-refractivity contribution in [3.05, 3.63) is 41.2 Å². The van der Waals surface area contributed by atoms with Crippen molar-refractivity contribution >= 4 is 11.6 Å². The Bertz CT molecular complexity index is 775. The molecule has 2 heterocycles. The van der Waals surface area contributed by atoms with Crippen molar-refractivity contribution < 1.29 is 27.8 Å². The van der Waals surface area contributed by atoms with E-state index in [1.54, 1.807) is 0 Å². The molecule has 0 aliphatic carbocycles. The minimum atomic E-state index is -4.92. The number of aliphatic hydroxyl groups excluding tert-OH is 1. The van der Waals surface area contributed by atoms with E-state index in [0.29, 0.717) is 11.3 Å². The minimum absolute atomic E-state index is 0.0278. The van der Waals surface area contributed by atoms with Crippen molar-refractivity contribution in [2.75, 3.05) is 12.3 Å². The molecule has 2 aromatic rings. The molecule has 7 nitrogen and oxygen atoms in total. The summed E-state index contributed by atoms with van der Waals surface area (Å²) in [7, 11) is 0. The van der Waals surface area contributed by atoms with Gasteiger partial charge in [-0.25, -0.2) is 0 Å². The molecule has 3 rings (SSSR count). The van der Waals surface area contributed by atoms with Crippen LogP contribution in [-0.2, 0) is 6.54 Å². The highest BCUT2D eigenvalue weighted by molar-refractivity contribution is 5.96. The Hall–Kier alpha value is -2.75. The van der Waals surface area contributed by atoms with Gasteiger partial charge in [0.05, 0.1) is 36.8 Å². The summed E-state index contributed by atoms with van der Waals surface area (Å²) >= 11 is 0. The van der Waals surface area contributed by atoms with Crippen LogP contribution < -0.4 is 10.5 Å². The molecular formula is C14H13F3N4O3. The summed E-state index contributed by atoms with van der Waals surface area (Å²) in [6.45, 7) is -0.168. The second kappa shape index (κ2) is 5.71. The fraction of sp³-hybridized carbons (Fsp3) is 0.286. The lowest BCUT2D eigenvalue weighted by Gasteiger charge is -2.24. The van der Waals surface area contributed by atoms with Crippen LogP contribution in [0.1, 0.15) is 27.7 Å². The molecule has 0 bridgehead atoms. The van der Waals surface area contributed by atoms with Gasteiger partial charge in [0.15, 0.2) is 5.75 Å². The molecule has 0 radical (unpaired) electrons. The maximum atomic E-state index is 12.6. The number of fused-ring (bicyclic) bond motifs is 1. The quantitative estimate of drug-likeness (QED) is 0.735. The molecule has 1 aromatic carbocycles. The second-order valence-corrected chi connectivity index (χ2v) is 5.24. The summed E-state index contributed by atoms with van der Waals surface area (Å²) in [6.07, 6.45) is -3.41. The number of H-pyrrole nitrogens is 1. The molecule has 24 heavy (non-hydrogen) atoms. The summed E-state index contributed by atoms with van der Waals surface area (Å²) in [6, 6.07) is 2.79. The number of anilines is 1. The third kappa shape index (κ3) is 2.87. The summed E-state index contributed by atoms with van der Waals surface area (Å²) in [5.41, 5.74) is 6.53. The number of rotatable bonds is 3. The lowest BCUT2D eigenvalue weighted by atomic mass is 10.1. The van der Waals surface area contributed by atoms with Crippen LogP contribution in [0.4, 0.5) is 18.9 Å². The van der Waals surface area contributed by atoms with E-state index in [4.69, 9.17) is 5.73 Å². The van der Waals surface area contributed by atoms with E-state index < -0.39 is 24.1 Å². The highest BCUT2D eigenvalue weighted by Crippen LogP contribution is 2.35. The fourth-order valence-corrected chi connectivity index (χ4v) is 2.64. The normalized spacial score (nSPS) is 17.0. The van der Waals surface area contributed by atoms with Gasteiger partial charge in [-0.05, 0) is 18.2 Å². The van der Waals surface area contributed by atoms with E-state index in [1.807, 2.05) is 0 Å². The number of amides is 1. The third-order valence-electron chi connectivity index (χ3n) is 3.74. The average Bonchev–Trinajstić information content (AvgIpc) is 3.07. The highest BCUT2D eigenvalue weighted by atomic mass is 19.4. The first-order valence-corrected chi connectivity index (χ1v) is 6.89. The number of alkyl halides is 3. The van der Waals surface area contributed by atoms with Gasteiger partial charge in [0, 0.05) is 11.1 Å². The average molecular weight is 342 g/mol. The Morgan fingerprint density at radius 3 is 2.92 bits per heavy atom. The number of carbonyl (C=O) groups excluding carboxylic acids is 1. The van der Waals surface area contributed by atoms with Crippen molar-refractivity contribution in [2.45, 2.75) is 18.9 Å². The smallest absolute Gasteiger partial charge is 0.404 e. The van der Waals surface area contributed by atoms with Gasteiger partial charge < -0.3 is 20.5 Å². The van der Waals surface area contributed by atoms with Crippen LogP contribution in [0.25, 0.3) is 0 Å². The van der Waals surface area contributed by atoms with E-state index in [0.717, 1.165) is 6.07 Å². The van der Waals surface area contributed by atoms with Crippen LogP contribution in [0, 0.1) is 0 Å². The number of aliphatic hydroxyl groups is 1. The largest absolute Gasteiger partial charge is 0.573 e. The number of carbonyl (C=O) groups is 1. The number of benzene rings is 1. The Labute approximate surface area is 133 Å². The number of nitrogens with zero attached hydrogens (tertiary/aromatic N) is 2. The summed E-state index contributed by atoms with van der Waals surface area (Å²) < 4.78 is 41.0. The molecule has 10 heteroatoms. The van der Waals surface area contributed by atoms with Crippen LogP contribution in [0.15, 0.2) is 24.4 Å². The van der Waals surface area contributed by atoms with E-state index >= 15 is 0 Å². The predicted molar refractivity (Wildman–Crippen MR) is 75.8 cm³/mol. The molecule has 1 aliphatic heterocycles. The Morgan fingerprint density at radius 2 is 2.25 bits per heavy atom. The van der Waals surface area contributed by atoms with Crippen molar-refractivity contribution in [2.24, 2.45) is 0 Å². The minimum Gasteiger partial charge on any atom is -0.404 e. The zero-order valence-electron chi connectivity index (χ0n) is 12.2. The lowest BCUT2D eigenvalue weighted by Crippen LogP contribution is -2.31. The summed E-state index contributed by atoms with van der Waals surface area (Å²) in [5, 5.41) is 16.1. The number of nitrogen functional groups attached to an aromatic ring is 1. The topological polar surface area (TPSA) is 104 Å². The number of hydrogen-bond donors (Lipinski definition) is 3. The fourth-order valence-electron chi connectivity index (χ4n) is 2.64. The van der Waals surface area contributed by atoms with Crippen molar-refractivity contribution in [3.63, 3.8) is 0 Å². The molecule has 0 spiro atoms. The van der Waals surface area contributed by atoms with Gasteiger partial charge in [0.25, 0.3) is 5.91 Å². The summed E-state index contributed by atoms with van der Waals surface area (Å²) in [4.78, 5) is 14.0. The van der Waals surface area contributed by atoms with Crippen molar-refractivity contribution in [1.82, 2.24) is 15.1 Å². The molecule has 128 valence electrons. The van der Waals surface area contributed by atoms with Gasteiger partial charge in [0.1, 0.15) is 0 Å². The Balaban J connectivity index is 1.88. The molecule has 1 aromatic heterocycles. The molecule has 0 saturated heterocycles. The lowest BCUT2D eigenvalue weighted by molar-refractivity contribution is -0.274.